The van der Waals surface area contributed by atoms with Crippen molar-refractivity contribution in [2.45, 2.75) is 48.8 Å². The average Bonchev–Trinajstić information content (AvgIpc) is 3.27. The maximum atomic E-state index is 16.4. The van der Waals surface area contributed by atoms with Crippen LogP contribution in [0.1, 0.15) is 12.8 Å². The third-order valence-corrected chi connectivity index (χ3v) is 5.66. The summed E-state index contributed by atoms with van der Waals surface area (Å²) in [5.41, 5.74) is -4.21. The molecule has 34 heavy (non-hydrogen) atoms. The van der Waals surface area contributed by atoms with Crippen molar-refractivity contribution in [1.29, 1.82) is 0 Å². The Hall–Kier alpha value is -2.99. The van der Waals surface area contributed by atoms with Crippen molar-refractivity contribution >= 4 is 0 Å². The topological polar surface area (TPSA) is 218 Å². The predicted octanol–water partition coefficient (Wildman–Crippen LogP) is -4.09. The van der Waals surface area contributed by atoms with Crippen LogP contribution in [-0.2, 0) is 26.1 Å². The van der Waals surface area contributed by atoms with Gasteiger partial charge in [-0.15, -0.1) is 0 Å². The SMILES string of the molecule is O=c1ccn([C@@]2(O[C@@]3(O)[C@H](O)[C@@H](CO)O[C@@]3(F)n3ccc(=O)[nH]c3=O)CC[C@@H](CO)O2)c(=O)[nH]1. The lowest BCUT2D eigenvalue weighted by Crippen LogP contribution is -2.64. The average molecular weight is 488 g/mol. The number of H-pyrrole nitrogens is 2. The van der Waals surface area contributed by atoms with Crippen LogP contribution in [0.5, 0.6) is 0 Å². The van der Waals surface area contributed by atoms with Crippen LogP contribution < -0.4 is 22.5 Å². The van der Waals surface area contributed by atoms with Gasteiger partial charge in [-0.2, -0.15) is 4.39 Å². The number of hydrogen-bond donors (Lipinski definition) is 6. The maximum absolute atomic E-state index is 16.4. The molecule has 2 aliphatic rings. The highest BCUT2D eigenvalue weighted by Crippen LogP contribution is 2.50. The van der Waals surface area contributed by atoms with Crippen molar-refractivity contribution in [2.24, 2.45) is 0 Å². The maximum Gasteiger partial charge on any atom is 0.355 e. The van der Waals surface area contributed by atoms with E-state index in [1.54, 1.807) is 4.98 Å². The van der Waals surface area contributed by atoms with E-state index < -0.39 is 71.7 Å². The second kappa shape index (κ2) is 8.35. The van der Waals surface area contributed by atoms with E-state index in [0.29, 0.717) is 10.8 Å². The summed E-state index contributed by atoms with van der Waals surface area (Å²) >= 11 is 0. The number of alkyl halides is 1. The third-order valence-electron chi connectivity index (χ3n) is 5.66. The highest BCUT2D eigenvalue weighted by molar-refractivity contribution is 5.04. The van der Waals surface area contributed by atoms with Gasteiger partial charge in [-0.1, -0.05) is 0 Å². The zero-order valence-electron chi connectivity index (χ0n) is 17.3. The van der Waals surface area contributed by atoms with Gasteiger partial charge in [-0.25, -0.2) is 18.7 Å². The van der Waals surface area contributed by atoms with E-state index in [9.17, 15) is 39.6 Å². The summed E-state index contributed by atoms with van der Waals surface area (Å²) in [5.74, 6) is -9.72. The van der Waals surface area contributed by atoms with Gasteiger partial charge in [-0.3, -0.25) is 24.3 Å². The van der Waals surface area contributed by atoms with Gasteiger partial charge in [0, 0.05) is 30.9 Å². The summed E-state index contributed by atoms with van der Waals surface area (Å²) in [7, 11) is 0. The molecule has 2 saturated heterocycles. The summed E-state index contributed by atoms with van der Waals surface area (Å²) in [6.45, 7) is -1.61. The first-order chi connectivity index (χ1) is 16.0. The molecule has 2 aromatic rings. The smallest absolute Gasteiger partial charge is 0.355 e. The Morgan fingerprint density at radius 1 is 1.03 bits per heavy atom. The van der Waals surface area contributed by atoms with Gasteiger partial charge in [0.25, 0.3) is 22.8 Å². The Bertz CT molecular complexity index is 1310. The lowest BCUT2D eigenvalue weighted by Gasteiger charge is -2.42. The number of ether oxygens (including phenoxy) is 3. The van der Waals surface area contributed by atoms with Crippen LogP contribution in [0, 0.1) is 0 Å². The fourth-order valence-corrected chi connectivity index (χ4v) is 4.00. The molecule has 0 aliphatic carbocycles. The summed E-state index contributed by atoms with van der Waals surface area (Å²) in [6.07, 6.45) is -3.92. The molecule has 0 unspecified atom stereocenters. The predicted molar refractivity (Wildman–Crippen MR) is 105 cm³/mol. The minimum Gasteiger partial charge on any atom is -0.394 e. The Morgan fingerprint density at radius 3 is 2.12 bits per heavy atom. The van der Waals surface area contributed by atoms with E-state index in [-0.39, 0.29) is 17.4 Å². The normalized spacial score (nSPS) is 35.6. The summed E-state index contributed by atoms with van der Waals surface area (Å²) in [4.78, 5) is 51.5. The first kappa shape index (κ1) is 24.1. The van der Waals surface area contributed by atoms with Gasteiger partial charge in [-0.05, 0) is 6.42 Å². The van der Waals surface area contributed by atoms with E-state index in [1.807, 2.05) is 4.98 Å². The molecule has 4 heterocycles. The van der Waals surface area contributed by atoms with Crippen molar-refractivity contribution in [3.63, 3.8) is 0 Å². The number of aliphatic hydroxyl groups excluding tert-OH is 3. The number of aromatic nitrogens is 4. The Labute approximate surface area is 187 Å². The molecule has 15 nitrogen and oxygen atoms in total. The molecule has 0 radical (unpaired) electrons. The number of hydrogen-bond acceptors (Lipinski definition) is 11. The second-order valence-corrected chi connectivity index (χ2v) is 7.78. The summed E-state index contributed by atoms with van der Waals surface area (Å²) in [5, 5.41) is 41.1. The molecule has 16 heteroatoms. The molecule has 0 spiro atoms. The van der Waals surface area contributed by atoms with Crippen LogP contribution in [0.15, 0.2) is 43.7 Å². The molecule has 6 atom stereocenters. The summed E-state index contributed by atoms with van der Waals surface area (Å²) in [6, 6.07) is 1.63. The van der Waals surface area contributed by atoms with Crippen LogP contribution in [0.2, 0.25) is 0 Å². The van der Waals surface area contributed by atoms with Crippen molar-refractivity contribution in [2.75, 3.05) is 13.2 Å². The highest BCUT2D eigenvalue weighted by atomic mass is 19.2. The molecule has 2 fully saturated rings. The number of aliphatic hydroxyl groups is 4. The molecule has 2 aromatic heterocycles. The fraction of sp³-hybridized carbons (Fsp3) is 0.556. The number of aromatic amines is 2. The Balaban J connectivity index is 1.90. The van der Waals surface area contributed by atoms with E-state index in [0.717, 1.165) is 18.3 Å². The fourth-order valence-electron chi connectivity index (χ4n) is 4.00. The molecule has 0 aromatic carbocycles. The third kappa shape index (κ3) is 3.56. The largest absolute Gasteiger partial charge is 0.394 e. The zero-order chi connectivity index (χ0) is 24.9. The van der Waals surface area contributed by atoms with E-state index >= 15 is 4.39 Å². The number of rotatable bonds is 6. The van der Waals surface area contributed by atoms with Gasteiger partial charge in [0.2, 0.25) is 0 Å². The van der Waals surface area contributed by atoms with Crippen LogP contribution in [-0.4, -0.2) is 76.8 Å². The first-order valence-electron chi connectivity index (χ1n) is 10.0. The van der Waals surface area contributed by atoms with E-state index in [4.69, 9.17) is 14.2 Å². The van der Waals surface area contributed by atoms with Gasteiger partial charge in [0.1, 0.15) is 12.2 Å². The van der Waals surface area contributed by atoms with Gasteiger partial charge < -0.3 is 29.9 Å². The van der Waals surface area contributed by atoms with Crippen LogP contribution in [0.4, 0.5) is 4.39 Å². The zero-order valence-corrected chi connectivity index (χ0v) is 17.3. The molecule has 0 saturated carbocycles. The lowest BCUT2D eigenvalue weighted by molar-refractivity contribution is -0.453. The van der Waals surface area contributed by atoms with Crippen molar-refractivity contribution in [3.05, 3.63) is 66.2 Å². The molecule has 186 valence electrons. The van der Waals surface area contributed by atoms with Crippen molar-refractivity contribution < 1.29 is 39.0 Å². The summed E-state index contributed by atoms with van der Waals surface area (Å²) < 4.78 is 33.2. The lowest BCUT2D eigenvalue weighted by atomic mass is 10.0. The van der Waals surface area contributed by atoms with Gasteiger partial charge in [0.05, 0.1) is 19.3 Å². The second-order valence-electron chi connectivity index (χ2n) is 7.78. The molecule has 0 amide bonds. The first-order valence-corrected chi connectivity index (χ1v) is 10.0. The Kier molecular flexibility index (Phi) is 5.93. The standard InChI is InChI=1S/C18H21FN4O11/c19-18(23-6-3-12(27)21-15(23)30)17(31,13(28)10(8-25)33-18)34-16(4-1-9(7-24)32-16)22-5-2-11(26)20-14(22)29/h2-3,5-6,9-10,13,24-25,28,31H,1,4,7-8H2,(H,20,26,29)(H,21,27,30)/t9-,10+,13+,16-,17-,18-/m0/s1. The molecule has 6 N–H and O–H groups in total. The van der Waals surface area contributed by atoms with Gasteiger partial charge >= 0.3 is 17.4 Å². The molecule has 4 rings (SSSR count). The number of nitrogens with one attached hydrogen (secondary N) is 2. The van der Waals surface area contributed by atoms with Gasteiger partial charge in [0.15, 0.2) is 0 Å². The quantitative estimate of drug-likeness (QED) is 0.215. The van der Waals surface area contributed by atoms with E-state index in [2.05, 4.69) is 0 Å². The van der Waals surface area contributed by atoms with Crippen LogP contribution >= 0.6 is 0 Å². The highest BCUT2D eigenvalue weighted by Gasteiger charge is 2.73. The molecule has 0 bridgehead atoms. The number of nitrogens with zero attached hydrogens (tertiary/aromatic N) is 2. The molecule has 2 aliphatic heterocycles. The minimum atomic E-state index is -3.76. The van der Waals surface area contributed by atoms with Crippen molar-refractivity contribution in [1.82, 2.24) is 19.1 Å². The molecular formula is C18H21FN4O11. The van der Waals surface area contributed by atoms with E-state index in [1.165, 1.54) is 0 Å². The minimum absolute atomic E-state index is 0.0242. The number of halogens is 1. The Morgan fingerprint density at radius 2 is 1.62 bits per heavy atom. The monoisotopic (exact) mass is 488 g/mol. The van der Waals surface area contributed by atoms with Crippen molar-refractivity contribution in [3.8, 4) is 0 Å². The molecular weight excluding hydrogens is 467 g/mol. The van der Waals surface area contributed by atoms with Crippen LogP contribution in [0.3, 0.4) is 0 Å². The van der Waals surface area contributed by atoms with Crippen LogP contribution in [0.25, 0.3) is 0 Å².